The second-order valence-corrected chi connectivity index (χ2v) is 3.82. The third-order valence-corrected chi connectivity index (χ3v) is 2.48. The van der Waals surface area contributed by atoms with Crippen molar-refractivity contribution in [3.8, 4) is 11.1 Å². The van der Waals surface area contributed by atoms with Crippen LogP contribution in [0.2, 0.25) is 5.28 Å². The molecular formula is C11H6ClF3N2O. The maximum Gasteiger partial charge on any atom is 0.417 e. The van der Waals surface area contributed by atoms with Gasteiger partial charge in [-0.15, -0.1) is 0 Å². The van der Waals surface area contributed by atoms with Crippen molar-refractivity contribution in [1.29, 1.82) is 0 Å². The van der Waals surface area contributed by atoms with Gasteiger partial charge in [-0.25, -0.2) is 4.98 Å². The van der Waals surface area contributed by atoms with Gasteiger partial charge < -0.3 is 0 Å². The van der Waals surface area contributed by atoms with Crippen LogP contribution in [0.25, 0.3) is 11.1 Å². The van der Waals surface area contributed by atoms with E-state index in [0.717, 1.165) is 12.3 Å². The van der Waals surface area contributed by atoms with Crippen LogP contribution < -0.4 is 5.56 Å². The van der Waals surface area contributed by atoms with Crippen molar-refractivity contribution in [2.75, 3.05) is 0 Å². The van der Waals surface area contributed by atoms with E-state index >= 15 is 0 Å². The first-order valence-corrected chi connectivity index (χ1v) is 5.19. The predicted molar refractivity (Wildman–Crippen MR) is 60.3 cm³/mol. The number of nitrogens with one attached hydrogen (secondary N) is 1. The predicted octanol–water partition coefficient (Wildman–Crippen LogP) is 3.11. The standard InChI is InChI=1S/C11H6ClF3N2O/c12-10-16-5-7(9(18)17-10)6-3-1-2-4-8(6)11(13,14)15/h1-5H,(H,16,17,18). The van der Waals surface area contributed by atoms with E-state index in [4.69, 9.17) is 11.6 Å². The van der Waals surface area contributed by atoms with Gasteiger partial charge in [0.2, 0.25) is 5.28 Å². The SMILES string of the molecule is O=c1[nH]c(Cl)ncc1-c1ccccc1C(F)(F)F. The summed E-state index contributed by atoms with van der Waals surface area (Å²) in [6, 6.07) is 4.79. The Kier molecular flexibility index (Phi) is 3.13. The molecule has 2 rings (SSSR count). The van der Waals surface area contributed by atoms with Gasteiger partial charge in [-0.05, 0) is 17.7 Å². The highest BCUT2D eigenvalue weighted by Gasteiger charge is 2.33. The summed E-state index contributed by atoms with van der Waals surface area (Å²) in [5.74, 6) is 0. The molecule has 0 fully saturated rings. The first kappa shape index (κ1) is 12.6. The summed E-state index contributed by atoms with van der Waals surface area (Å²) in [6.45, 7) is 0. The maximum absolute atomic E-state index is 12.8. The normalized spacial score (nSPS) is 11.6. The molecule has 1 N–H and O–H groups in total. The highest BCUT2D eigenvalue weighted by atomic mass is 35.5. The minimum Gasteiger partial charge on any atom is -0.297 e. The van der Waals surface area contributed by atoms with Gasteiger partial charge in [-0.3, -0.25) is 9.78 Å². The second-order valence-electron chi connectivity index (χ2n) is 3.46. The minimum atomic E-state index is -4.54. The van der Waals surface area contributed by atoms with E-state index in [-0.39, 0.29) is 16.4 Å². The molecule has 0 unspecified atom stereocenters. The lowest BCUT2D eigenvalue weighted by molar-refractivity contribution is -0.137. The van der Waals surface area contributed by atoms with E-state index in [1.165, 1.54) is 18.2 Å². The summed E-state index contributed by atoms with van der Waals surface area (Å²) < 4.78 is 38.4. The van der Waals surface area contributed by atoms with Crippen molar-refractivity contribution in [3.63, 3.8) is 0 Å². The van der Waals surface area contributed by atoms with Gasteiger partial charge in [0.15, 0.2) is 0 Å². The van der Waals surface area contributed by atoms with Crippen LogP contribution in [0.3, 0.4) is 0 Å². The van der Waals surface area contributed by atoms with Crippen LogP contribution in [0.4, 0.5) is 13.2 Å². The largest absolute Gasteiger partial charge is 0.417 e. The Morgan fingerprint density at radius 1 is 1.17 bits per heavy atom. The Morgan fingerprint density at radius 3 is 2.44 bits per heavy atom. The van der Waals surface area contributed by atoms with Crippen molar-refractivity contribution in [2.24, 2.45) is 0 Å². The highest BCUT2D eigenvalue weighted by Crippen LogP contribution is 2.35. The number of aromatic nitrogens is 2. The molecular weight excluding hydrogens is 269 g/mol. The molecule has 0 saturated heterocycles. The fourth-order valence-corrected chi connectivity index (χ4v) is 1.66. The zero-order valence-electron chi connectivity index (χ0n) is 8.75. The molecule has 1 heterocycles. The summed E-state index contributed by atoms with van der Waals surface area (Å²) in [5.41, 5.74) is -2.01. The second kappa shape index (κ2) is 4.45. The number of aromatic amines is 1. The van der Waals surface area contributed by atoms with Crippen LogP contribution in [0.5, 0.6) is 0 Å². The average Bonchev–Trinajstić information content (AvgIpc) is 2.28. The third-order valence-electron chi connectivity index (χ3n) is 2.29. The third kappa shape index (κ3) is 2.38. The Labute approximate surface area is 104 Å². The van der Waals surface area contributed by atoms with Crippen LogP contribution in [-0.2, 0) is 6.18 Å². The molecule has 94 valence electrons. The van der Waals surface area contributed by atoms with Crippen molar-refractivity contribution in [1.82, 2.24) is 9.97 Å². The van der Waals surface area contributed by atoms with Gasteiger partial charge in [0, 0.05) is 11.8 Å². The van der Waals surface area contributed by atoms with E-state index in [2.05, 4.69) is 9.97 Å². The molecule has 0 amide bonds. The van der Waals surface area contributed by atoms with Gasteiger partial charge in [-0.2, -0.15) is 13.2 Å². The fourth-order valence-electron chi connectivity index (χ4n) is 1.53. The minimum absolute atomic E-state index is 0.173. The number of alkyl halides is 3. The zero-order chi connectivity index (χ0) is 13.3. The maximum atomic E-state index is 12.8. The molecule has 0 aliphatic carbocycles. The molecule has 0 radical (unpaired) electrons. The number of rotatable bonds is 1. The monoisotopic (exact) mass is 274 g/mol. The van der Waals surface area contributed by atoms with Crippen LogP contribution in [0.15, 0.2) is 35.3 Å². The fraction of sp³-hybridized carbons (Fsp3) is 0.0909. The summed E-state index contributed by atoms with van der Waals surface area (Å²) in [6.07, 6.45) is -3.52. The number of nitrogens with zero attached hydrogens (tertiary/aromatic N) is 1. The van der Waals surface area contributed by atoms with Crippen LogP contribution >= 0.6 is 11.6 Å². The lowest BCUT2D eigenvalue weighted by Crippen LogP contribution is -2.14. The Morgan fingerprint density at radius 2 is 1.83 bits per heavy atom. The molecule has 0 bridgehead atoms. The topological polar surface area (TPSA) is 45.8 Å². The molecule has 18 heavy (non-hydrogen) atoms. The number of hydrogen-bond acceptors (Lipinski definition) is 2. The number of hydrogen-bond donors (Lipinski definition) is 1. The highest BCUT2D eigenvalue weighted by molar-refractivity contribution is 6.28. The average molecular weight is 275 g/mol. The molecule has 3 nitrogen and oxygen atoms in total. The van der Waals surface area contributed by atoms with E-state index in [1.807, 2.05) is 0 Å². The number of halogens is 4. The smallest absolute Gasteiger partial charge is 0.297 e. The van der Waals surface area contributed by atoms with Gasteiger partial charge in [-0.1, -0.05) is 18.2 Å². The molecule has 0 saturated carbocycles. The first-order chi connectivity index (χ1) is 8.39. The van der Waals surface area contributed by atoms with Crippen LogP contribution in [-0.4, -0.2) is 9.97 Å². The number of benzene rings is 1. The van der Waals surface area contributed by atoms with E-state index in [9.17, 15) is 18.0 Å². The zero-order valence-corrected chi connectivity index (χ0v) is 9.51. The molecule has 7 heteroatoms. The van der Waals surface area contributed by atoms with Crippen molar-refractivity contribution in [3.05, 3.63) is 51.7 Å². The van der Waals surface area contributed by atoms with Crippen LogP contribution in [0.1, 0.15) is 5.56 Å². The van der Waals surface area contributed by atoms with Gasteiger partial charge in [0.05, 0.1) is 11.1 Å². The van der Waals surface area contributed by atoms with Crippen molar-refractivity contribution >= 4 is 11.6 Å². The van der Waals surface area contributed by atoms with Gasteiger partial charge in [0.1, 0.15) is 0 Å². The first-order valence-electron chi connectivity index (χ1n) is 4.81. The summed E-state index contributed by atoms with van der Waals surface area (Å²) in [5, 5.41) is -0.173. The summed E-state index contributed by atoms with van der Waals surface area (Å²) >= 11 is 5.45. The van der Waals surface area contributed by atoms with Crippen molar-refractivity contribution in [2.45, 2.75) is 6.18 Å². The lowest BCUT2D eigenvalue weighted by Gasteiger charge is -2.11. The molecule has 0 spiro atoms. The summed E-state index contributed by atoms with van der Waals surface area (Å²) in [7, 11) is 0. The van der Waals surface area contributed by atoms with E-state index in [0.29, 0.717) is 0 Å². The molecule has 0 aliphatic rings. The molecule has 0 atom stereocenters. The summed E-state index contributed by atoms with van der Waals surface area (Å²) in [4.78, 5) is 17.3. The van der Waals surface area contributed by atoms with Crippen molar-refractivity contribution < 1.29 is 13.2 Å². The Balaban J connectivity index is 2.69. The Bertz CT molecular complexity index is 637. The lowest BCUT2D eigenvalue weighted by atomic mass is 10.0. The van der Waals surface area contributed by atoms with Crippen LogP contribution in [0, 0.1) is 0 Å². The quantitative estimate of drug-likeness (QED) is 0.812. The molecule has 1 aromatic carbocycles. The molecule has 2 aromatic rings. The van der Waals surface area contributed by atoms with Gasteiger partial charge >= 0.3 is 6.18 Å². The Hall–Kier alpha value is -1.82. The van der Waals surface area contributed by atoms with Gasteiger partial charge in [0.25, 0.3) is 5.56 Å². The molecule has 1 aromatic heterocycles. The van der Waals surface area contributed by atoms with E-state index < -0.39 is 17.3 Å². The van der Waals surface area contributed by atoms with E-state index in [1.54, 1.807) is 0 Å². The molecule has 0 aliphatic heterocycles. The number of H-pyrrole nitrogens is 1.